The van der Waals surface area contributed by atoms with Crippen molar-refractivity contribution < 1.29 is 0 Å². The monoisotopic (exact) mass is 338 g/mol. The van der Waals surface area contributed by atoms with E-state index in [1.807, 2.05) is 0 Å². The van der Waals surface area contributed by atoms with Crippen LogP contribution < -0.4 is 5.32 Å². The lowest BCUT2D eigenvalue weighted by Crippen LogP contribution is -2.39. The summed E-state index contributed by atoms with van der Waals surface area (Å²) < 4.78 is 0. The minimum absolute atomic E-state index is 0.218. The molecule has 0 unspecified atom stereocenters. The Hall–Kier alpha value is -0.0400. The van der Waals surface area contributed by atoms with Crippen molar-refractivity contribution in [1.82, 2.24) is 5.32 Å². The molecule has 0 spiro atoms. The van der Waals surface area contributed by atoms with E-state index >= 15 is 0 Å². The van der Waals surface area contributed by atoms with Crippen LogP contribution in [0.4, 0.5) is 0 Å². The van der Waals surface area contributed by atoms with Crippen LogP contribution in [-0.4, -0.2) is 12.1 Å². The SMILES string of the molecule is [CH2]CC(C)(C)NCCCCCCCCCCCCCCCCCC. The van der Waals surface area contributed by atoms with Gasteiger partial charge in [0.15, 0.2) is 0 Å². The van der Waals surface area contributed by atoms with Crippen LogP contribution in [0, 0.1) is 6.92 Å². The lowest BCUT2D eigenvalue weighted by Gasteiger charge is -2.24. The molecule has 145 valence electrons. The van der Waals surface area contributed by atoms with Gasteiger partial charge in [-0.15, -0.1) is 0 Å². The van der Waals surface area contributed by atoms with Gasteiger partial charge in [-0.25, -0.2) is 0 Å². The van der Waals surface area contributed by atoms with Gasteiger partial charge in [-0.2, -0.15) is 0 Å². The van der Waals surface area contributed by atoms with Gasteiger partial charge in [0, 0.05) is 5.54 Å². The molecule has 0 saturated carbocycles. The second-order valence-electron chi connectivity index (χ2n) is 8.36. The van der Waals surface area contributed by atoms with Crippen LogP contribution in [-0.2, 0) is 0 Å². The molecule has 0 amide bonds. The van der Waals surface area contributed by atoms with Gasteiger partial charge >= 0.3 is 0 Å². The number of hydrogen-bond acceptors (Lipinski definition) is 1. The van der Waals surface area contributed by atoms with Crippen molar-refractivity contribution in [2.45, 2.75) is 135 Å². The molecule has 0 aliphatic carbocycles. The summed E-state index contributed by atoms with van der Waals surface area (Å²) in [4.78, 5) is 0. The second kappa shape index (κ2) is 17.8. The third-order valence-electron chi connectivity index (χ3n) is 5.26. The molecule has 1 radical (unpaired) electrons. The van der Waals surface area contributed by atoms with Crippen molar-refractivity contribution >= 4 is 0 Å². The van der Waals surface area contributed by atoms with Gasteiger partial charge in [0.25, 0.3) is 0 Å². The van der Waals surface area contributed by atoms with E-state index in [-0.39, 0.29) is 5.54 Å². The predicted octanol–water partition coefficient (Wildman–Crippen LogP) is 7.84. The van der Waals surface area contributed by atoms with Crippen molar-refractivity contribution in [3.05, 3.63) is 6.92 Å². The van der Waals surface area contributed by atoms with E-state index in [9.17, 15) is 0 Å². The molecular formula is C23H48N. The molecule has 0 aromatic heterocycles. The first-order chi connectivity index (χ1) is 11.6. The highest BCUT2D eigenvalue weighted by Gasteiger charge is 2.12. The maximum Gasteiger partial charge on any atom is 0.0125 e. The van der Waals surface area contributed by atoms with E-state index in [1.54, 1.807) is 0 Å². The smallest absolute Gasteiger partial charge is 0.0125 e. The summed E-state index contributed by atoms with van der Waals surface area (Å²) in [7, 11) is 0. The summed E-state index contributed by atoms with van der Waals surface area (Å²) in [5.74, 6) is 0. The molecule has 0 atom stereocenters. The average Bonchev–Trinajstić information content (AvgIpc) is 2.57. The third kappa shape index (κ3) is 18.3. The minimum atomic E-state index is 0.218. The fourth-order valence-corrected chi connectivity index (χ4v) is 3.19. The topological polar surface area (TPSA) is 12.0 Å². The molecule has 0 aromatic carbocycles. The summed E-state index contributed by atoms with van der Waals surface area (Å²) >= 11 is 0. The highest BCUT2D eigenvalue weighted by atomic mass is 14.9. The quantitative estimate of drug-likeness (QED) is 0.236. The predicted molar refractivity (Wildman–Crippen MR) is 112 cm³/mol. The largest absolute Gasteiger partial charge is 0.312 e. The first-order valence-corrected chi connectivity index (χ1v) is 11.2. The summed E-state index contributed by atoms with van der Waals surface area (Å²) in [5, 5.41) is 3.60. The molecule has 0 heterocycles. The molecule has 24 heavy (non-hydrogen) atoms. The van der Waals surface area contributed by atoms with E-state index in [1.165, 1.54) is 103 Å². The highest BCUT2D eigenvalue weighted by molar-refractivity contribution is 4.77. The summed E-state index contributed by atoms with van der Waals surface area (Å²) in [5.41, 5.74) is 0.218. The first kappa shape index (κ1) is 24.0. The zero-order valence-corrected chi connectivity index (χ0v) is 17.4. The Morgan fingerprint density at radius 1 is 0.583 bits per heavy atom. The summed E-state index contributed by atoms with van der Waals surface area (Å²) in [6, 6.07) is 0. The lowest BCUT2D eigenvalue weighted by atomic mass is 10.0. The fourth-order valence-electron chi connectivity index (χ4n) is 3.19. The van der Waals surface area contributed by atoms with E-state index in [4.69, 9.17) is 0 Å². The van der Waals surface area contributed by atoms with Gasteiger partial charge in [-0.05, 0) is 33.2 Å². The number of nitrogens with one attached hydrogen (secondary N) is 1. The Morgan fingerprint density at radius 2 is 0.917 bits per heavy atom. The van der Waals surface area contributed by atoms with E-state index in [0.717, 1.165) is 13.0 Å². The Labute approximate surface area is 154 Å². The lowest BCUT2D eigenvalue weighted by molar-refractivity contribution is 0.384. The second-order valence-corrected chi connectivity index (χ2v) is 8.36. The summed E-state index contributed by atoms with van der Waals surface area (Å²) in [6.07, 6.45) is 24.0. The Morgan fingerprint density at radius 3 is 1.25 bits per heavy atom. The zero-order valence-electron chi connectivity index (χ0n) is 17.4. The van der Waals surface area contributed by atoms with Gasteiger partial charge in [0.2, 0.25) is 0 Å². The van der Waals surface area contributed by atoms with Gasteiger partial charge < -0.3 is 5.32 Å². The summed E-state index contributed by atoms with van der Waals surface area (Å²) in [6.45, 7) is 11.9. The number of unbranched alkanes of at least 4 members (excludes halogenated alkanes) is 15. The van der Waals surface area contributed by atoms with Crippen LogP contribution in [0.15, 0.2) is 0 Å². The van der Waals surface area contributed by atoms with Crippen LogP contribution >= 0.6 is 0 Å². The highest BCUT2D eigenvalue weighted by Crippen LogP contribution is 2.14. The minimum Gasteiger partial charge on any atom is -0.312 e. The third-order valence-corrected chi connectivity index (χ3v) is 5.26. The van der Waals surface area contributed by atoms with Crippen molar-refractivity contribution in [2.75, 3.05) is 6.54 Å². The Bertz CT molecular complexity index is 234. The van der Waals surface area contributed by atoms with Gasteiger partial charge in [-0.3, -0.25) is 0 Å². The van der Waals surface area contributed by atoms with Crippen molar-refractivity contribution in [2.24, 2.45) is 0 Å². The molecule has 1 heteroatoms. The average molecular weight is 339 g/mol. The van der Waals surface area contributed by atoms with Gasteiger partial charge in [-0.1, -0.05) is 110 Å². The molecule has 0 aromatic rings. The molecular weight excluding hydrogens is 290 g/mol. The normalized spacial score (nSPS) is 12.0. The van der Waals surface area contributed by atoms with Crippen LogP contribution in [0.2, 0.25) is 0 Å². The Balaban J connectivity index is 3.05. The maximum absolute atomic E-state index is 3.99. The molecule has 0 aliphatic heterocycles. The Kier molecular flexibility index (Phi) is 17.7. The number of hydrogen-bond donors (Lipinski definition) is 1. The van der Waals surface area contributed by atoms with E-state index < -0.39 is 0 Å². The van der Waals surface area contributed by atoms with Crippen LogP contribution in [0.3, 0.4) is 0 Å². The molecule has 0 aliphatic rings. The van der Waals surface area contributed by atoms with E-state index in [0.29, 0.717) is 0 Å². The molecule has 0 rings (SSSR count). The van der Waals surface area contributed by atoms with Crippen LogP contribution in [0.1, 0.15) is 130 Å². The van der Waals surface area contributed by atoms with Crippen LogP contribution in [0.5, 0.6) is 0 Å². The van der Waals surface area contributed by atoms with Gasteiger partial charge in [0.1, 0.15) is 0 Å². The van der Waals surface area contributed by atoms with Crippen molar-refractivity contribution in [1.29, 1.82) is 0 Å². The zero-order chi connectivity index (χ0) is 17.9. The maximum atomic E-state index is 3.99. The first-order valence-electron chi connectivity index (χ1n) is 11.2. The van der Waals surface area contributed by atoms with Gasteiger partial charge in [0.05, 0.1) is 0 Å². The molecule has 0 bridgehead atoms. The molecule has 0 fully saturated rings. The van der Waals surface area contributed by atoms with Crippen LogP contribution in [0.25, 0.3) is 0 Å². The van der Waals surface area contributed by atoms with Crippen molar-refractivity contribution in [3.8, 4) is 0 Å². The number of rotatable bonds is 19. The standard InChI is InChI=1S/C23H48N/c1-5-7-8-9-10-11-12-13-14-15-16-17-18-19-20-21-22-24-23(3,4)6-2/h24H,2,5-22H2,1,3-4H3. The van der Waals surface area contributed by atoms with Crippen molar-refractivity contribution in [3.63, 3.8) is 0 Å². The fraction of sp³-hybridized carbons (Fsp3) is 0.957. The van der Waals surface area contributed by atoms with E-state index in [2.05, 4.69) is 33.0 Å². The molecule has 0 saturated heterocycles. The molecule has 1 N–H and O–H groups in total. The molecule has 1 nitrogen and oxygen atoms in total.